The maximum absolute atomic E-state index is 13.1. The Bertz CT molecular complexity index is 465. The monoisotopic (exact) mass is 315 g/mol. The molecule has 1 aromatic carbocycles. The van der Waals surface area contributed by atoms with E-state index in [1.807, 2.05) is 0 Å². The molecule has 1 atom stereocenters. The summed E-state index contributed by atoms with van der Waals surface area (Å²) < 4.78 is 55.2. The highest BCUT2D eigenvalue weighted by Gasteiger charge is 2.34. The number of halogens is 5. The fourth-order valence-corrected chi connectivity index (χ4v) is 1.51. The number of nitrogens with two attached hydrogens (primary N) is 1. The third kappa shape index (κ3) is 4.97. The van der Waals surface area contributed by atoms with E-state index in [9.17, 15) is 22.4 Å². The fraction of sp³-hybridized carbons (Fsp3) is 0.417. The van der Waals surface area contributed by atoms with Gasteiger partial charge >= 0.3 is 12.1 Å². The summed E-state index contributed by atoms with van der Waals surface area (Å²) in [5, 5.41) is 0. The van der Waals surface area contributed by atoms with Crippen molar-refractivity contribution in [3.05, 3.63) is 35.1 Å². The van der Waals surface area contributed by atoms with Crippen molar-refractivity contribution in [2.24, 2.45) is 5.73 Å². The van der Waals surface area contributed by atoms with Crippen LogP contribution in [-0.2, 0) is 15.7 Å². The quantitative estimate of drug-likeness (QED) is 0.685. The number of hydrogen-bond donors (Lipinski definition) is 1. The van der Waals surface area contributed by atoms with Crippen molar-refractivity contribution in [1.82, 2.24) is 0 Å². The molecule has 1 rings (SSSR count). The zero-order chi connectivity index (χ0) is 14.6. The molecular formula is C12H14ClF4NO2. The summed E-state index contributed by atoms with van der Waals surface area (Å²) in [6.45, 7) is 1.76. The van der Waals surface area contributed by atoms with Crippen LogP contribution in [0.4, 0.5) is 17.6 Å². The zero-order valence-electron chi connectivity index (χ0n) is 10.5. The van der Waals surface area contributed by atoms with Crippen LogP contribution in [0, 0.1) is 5.82 Å². The minimum atomic E-state index is -4.80. The molecular weight excluding hydrogens is 302 g/mol. The number of alkyl halides is 3. The number of benzene rings is 1. The van der Waals surface area contributed by atoms with Crippen LogP contribution in [0.2, 0.25) is 0 Å². The van der Waals surface area contributed by atoms with Crippen molar-refractivity contribution >= 4 is 18.4 Å². The van der Waals surface area contributed by atoms with Crippen LogP contribution in [0.3, 0.4) is 0 Å². The second kappa shape index (κ2) is 7.44. The van der Waals surface area contributed by atoms with Gasteiger partial charge in [0.1, 0.15) is 5.82 Å². The van der Waals surface area contributed by atoms with Gasteiger partial charge in [0.05, 0.1) is 18.6 Å². The van der Waals surface area contributed by atoms with Crippen LogP contribution in [0.15, 0.2) is 18.2 Å². The van der Waals surface area contributed by atoms with Gasteiger partial charge in [0, 0.05) is 6.04 Å². The first-order valence-corrected chi connectivity index (χ1v) is 5.53. The molecule has 0 aliphatic rings. The maximum atomic E-state index is 13.1. The van der Waals surface area contributed by atoms with Gasteiger partial charge in [-0.05, 0) is 24.6 Å². The molecule has 0 aromatic heterocycles. The van der Waals surface area contributed by atoms with Crippen LogP contribution >= 0.6 is 12.4 Å². The lowest BCUT2D eigenvalue weighted by atomic mass is 10.0. The summed E-state index contributed by atoms with van der Waals surface area (Å²) >= 11 is 0. The highest BCUT2D eigenvalue weighted by molar-refractivity contribution is 5.85. The molecule has 0 aliphatic carbocycles. The van der Waals surface area contributed by atoms with E-state index in [4.69, 9.17) is 5.73 Å². The van der Waals surface area contributed by atoms with Gasteiger partial charge in [-0.15, -0.1) is 12.4 Å². The molecule has 0 spiro atoms. The van der Waals surface area contributed by atoms with Crippen molar-refractivity contribution in [1.29, 1.82) is 0 Å². The minimum absolute atomic E-state index is 0. The van der Waals surface area contributed by atoms with E-state index < -0.39 is 29.6 Å². The number of hydrogen-bond acceptors (Lipinski definition) is 3. The summed E-state index contributed by atoms with van der Waals surface area (Å²) in [7, 11) is 0. The summed E-state index contributed by atoms with van der Waals surface area (Å²) in [5.74, 6) is -1.99. The summed E-state index contributed by atoms with van der Waals surface area (Å²) in [5.41, 5.74) is 4.23. The predicted molar refractivity (Wildman–Crippen MR) is 66.8 cm³/mol. The Morgan fingerprint density at radius 3 is 2.50 bits per heavy atom. The fourth-order valence-electron chi connectivity index (χ4n) is 1.51. The third-order valence-electron chi connectivity index (χ3n) is 2.42. The Kier molecular flexibility index (Phi) is 6.95. The first-order valence-electron chi connectivity index (χ1n) is 5.53. The average Bonchev–Trinajstić information content (AvgIpc) is 2.27. The second-order valence-corrected chi connectivity index (χ2v) is 3.85. The average molecular weight is 316 g/mol. The standard InChI is InChI=1S/C12H13F4NO2.ClH/c1-2-19-11(18)6-10(17)7-3-4-9(13)8(5-7)12(14,15)16;/h3-5,10H,2,6,17H2,1H3;1H/t10-;/m0./s1. The van der Waals surface area contributed by atoms with Crippen molar-refractivity contribution in [2.75, 3.05) is 6.61 Å². The summed E-state index contributed by atoms with van der Waals surface area (Å²) in [4.78, 5) is 11.2. The first-order chi connectivity index (χ1) is 8.75. The molecule has 0 saturated carbocycles. The van der Waals surface area contributed by atoms with E-state index in [2.05, 4.69) is 4.74 Å². The molecule has 3 nitrogen and oxygen atoms in total. The topological polar surface area (TPSA) is 52.3 Å². The van der Waals surface area contributed by atoms with E-state index in [1.54, 1.807) is 6.92 Å². The molecule has 2 N–H and O–H groups in total. The molecule has 8 heteroatoms. The molecule has 0 radical (unpaired) electrons. The van der Waals surface area contributed by atoms with Crippen LogP contribution in [0.25, 0.3) is 0 Å². The molecule has 114 valence electrons. The van der Waals surface area contributed by atoms with Crippen LogP contribution in [0.1, 0.15) is 30.5 Å². The van der Waals surface area contributed by atoms with Crippen molar-refractivity contribution < 1.29 is 27.1 Å². The van der Waals surface area contributed by atoms with Gasteiger partial charge in [0.2, 0.25) is 0 Å². The Morgan fingerprint density at radius 2 is 2.00 bits per heavy atom. The van der Waals surface area contributed by atoms with Crippen LogP contribution in [0.5, 0.6) is 0 Å². The zero-order valence-corrected chi connectivity index (χ0v) is 11.4. The van der Waals surface area contributed by atoms with Gasteiger partial charge in [-0.1, -0.05) is 6.07 Å². The maximum Gasteiger partial charge on any atom is 0.419 e. The Labute approximate surface area is 119 Å². The van der Waals surface area contributed by atoms with E-state index in [1.165, 1.54) is 0 Å². The van der Waals surface area contributed by atoms with E-state index in [0.717, 1.165) is 6.07 Å². The van der Waals surface area contributed by atoms with Crippen molar-refractivity contribution in [2.45, 2.75) is 25.6 Å². The van der Waals surface area contributed by atoms with E-state index in [-0.39, 0.29) is 31.0 Å². The lowest BCUT2D eigenvalue weighted by Gasteiger charge is -2.14. The molecule has 0 fully saturated rings. The lowest BCUT2D eigenvalue weighted by Crippen LogP contribution is -2.18. The molecule has 0 amide bonds. The van der Waals surface area contributed by atoms with Gasteiger partial charge in [-0.2, -0.15) is 13.2 Å². The largest absolute Gasteiger partial charge is 0.466 e. The lowest BCUT2D eigenvalue weighted by molar-refractivity contribution is -0.143. The Hall–Kier alpha value is -1.34. The van der Waals surface area contributed by atoms with E-state index in [0.29, 0.717) is 12.1 Å². The van der Waals surface area contributed by atoms with Gasteiger partial charge in [0.15, 0.2) is 0 Å². The molecule has 0 saturated heterocycles. The van der Waals surface area contributed by atoms with Gasteiger partial charge < -0.3 is 10.5 Å². The van der Waals surface area contributed by atoms with Crippen LogP contribution in [-0.4, -0.2) is 12.6 Å². The summed E-state index contributed by atoms with van der Waals surface area (Å²) in [6.07, 6.45) is -5.07. The smallest absolute Gasteiger partial charge is 0.419 e. The first kappa shape index (κ1) is 18.7. The number of carbonyl (C=O) groups is 1. The van der Waals surface area contributed by atoms with Gasteiger partial charge in [-0.25, -0.2) is 4.39 Å². The molecule has 0 unspecified atom stereocenters. The number of ether oxygens (including phenoxy) is 1. The minimum Gasteiger partial charge on any atom is -0.466 e. The van der Waals surface area contributed by atoms with Gasteiger partial charge in [0.25, 0.3) is 0 Å². The summed E-state index contributed by atoms with van der Waals surface area (Å²) in [6, 6.07) is 1.44. The number of rotatable bonds is 4. The Balaban J connectivity index is 0.00000361. The molecule has 20 heavy (non-hydrogen) atoms. The van der Waals surface area contributed by atoms with E-state index >= 15 is 0 Å². The van der Waals surface area contributed by atoms with Crippen molar-refractivity contribution in [3.63, 3.8) is 0 Å². The van der Waals surface area contributed by atoms with Crippen molar-refractivity contribution in [3.8, 4) is 0 Å². The Morgan fingerprint density at radius 1 is 1.40 bits per heavy atom. The predicted octanol–water partition coefficient (Wildman–Crippen LogP) is 3.22. The molecule has 0 bridgehead atoms. The highest BCUT2D eigenvalue weighted by Crippen LogP contribution is 2.33. The molecule has 0 heterocycles. The highest BCUT2D eigenvalue weighted by atomic mass is 35.5. The molecule has 1 aromatic rings. The van der Waals surface area contributed by atoms with Gasteiger partial charge in [-0.3, -0.25) is 4.79 Å². The molecule has 0 aliphatic heterocycles. The number of carbonyl (C=O) groups excluding carboxylic acids is 1. The number of esters is 1. The van der Waals surface area contributed by atoms with Crippen LogP contribution < -0.4 is 5.73 Å². The third-order valence-corrected chi connectivity index (χ3v) is 2.42. The second-order valence-electron chi connectivity index (χ2n) is 3.85. The normalized spacial score (nSPS) is 12.5. The SMILES string of the molecule is CCOC(=O)C[C@H](N)c1ccc(F)c(C(F)(F)F)c1.Cl.